The van der Waals surface area contributed by atoms with Gasteiger partial charge in [-0.05, 0) is 38.7 Å². The summed E-state index contributed by atoms with van der Waals surface area (Å²) < 4.78 is 3.47. The van der Waals surface area contributed by atoms with Crippen molar-refractivity contribution in [3.8, 4) is 0 Å². The molecule has 0 radical (unpaired) electrons. The van der Waals surface area contributed by atoms with Gasteiger partial charge in [-0.3, -0.25) is 9.48 Å². The molecule has 1 aliphatic carbocycles. The van der Waals surface area contributed by atoms with Crippen LogP contribution in [0.15, 0.2) is 12.3 Å². The molecule has 1 saturated carbocycles. The Bertz CT molecular complexity index is 686. The van der Waals surface area contributed by atoms with Gasteiger partial charge < -0.3 is 5.32 Å². The minimum Gasteiger partial charge on any atom is -0.350 e. The summed E-state index contributed by atoms with van der Waals surface area (Å²) in [6.07, 6.45) is 5.49. The van der Waals surface area contributed by atoms with Gasteiger partial charge in [0.05, 0.1) is 16.4 Å². The normalized spacial score (nSPS) is 14.9. The van der Waals surface area contributed by atoms with Crippen LogP contribution in [0.4, 0.5) is 0 Å². The van der Waals surface area contributed by atoms with Gasteiger partial charge in [-0.15, -0.1) is 0 Å². The van der Waals surface area contributed by atoms with Gasteiger partial charge in [0.25, 0.3) is 5.91 Å². The third kappa shape index (κ3) is 3.02. The van der Waals surface area contributed by atoms with Crippen LogP contribution in [0.2, 0.25) is 5.02 Å². The van der Waals surface area contributed by atoms with Gasteiger partial charge in [0.2, 0.25) is 0 Å². The Hall–Kier alpha value is -1.82. The van der Waals surface area contributed by atoms with Gasteiger partial charge in [-0.1, -0.05) is 18.0 Å². The molecule has 2 heterocycles. The first kappa shape index (κ1) is 15.1. The molecule has 1 fully saturated rings. The molecule has 1 aliphatic rings. The second-order valence-corrected chi connectivity index (χ2v) is 6.25. The van der Waals surface area contributed by atoms with Crippen molar-refractivity contribution in [1.29, 1.82) is 0 Å². The van der Waals surface area contributed by atoms with Crippen LogP contribution in [-0.2, 0) is 6.67 Å². The molecular formula is C15H20ClN5O. The Labute approximate surface area is 134 Å². The first-order chi connectivity index (χ1) is 10.5. The highest BCUT2D eigenvalue weighted by atomic mass is 35.5. The number of hydrogen-bond donors (Lipinski definition) is 1. The summed E-state index contributed by atoms with van der Waals surface area (Å²) in [4.78, 5) is 12.0. The van der Waals surface area contributed by atoms with Gasteiger partial charge in [-0.25, -0.2) is 4.68 Å². The fourth-order valence-electron chi connectivity index (χ4n) is 2.54. The smallest absolute Gasteiger partial charge is 0.271 e. The standard InChI is InChI=1S/C15H20ClN5O/c1-10-14(16)11(2)21(18-10)9-20-7-6-13(19-20)15(22)17-8-12-4-3-5-12/h6-7,12H,3-5,8-9H2,1-2H3,(H,17,22). The third-order valence-electron chi connectivity index (χ3n) is 4.22. The highest BCUT2D eigenvalue weighted by Crippen LogP contribution is 2.25. The maximum atomic E-state index is 12.0. The molecule has 0 spiro atoms. The van der Waals surface area contributed by atoms with Gasteiger partial charge in [0, 0.05) is 12.7 Å². The van der Waals surface area contributed by atoms with E-state index in [1.165, 1.54) is 19.3 Å². The molecule has 7 heteroatoms. The van der Waals surface area contributed by atoms with Crippen molar-refractivity contribution in [1.82, 2.24) is 24.9 Å². The molecule has 118 valence electrons. The molecule has 0 aromatic carbocycles. The topological polar surface area (TPSA) is 64.7 Å². The molecule has 3 rings (SSSR count). The van der Waals surface area contributed by atoms with Crippen LogP contribution in [0.5, 0.6) is 0 Å². The van der Waals surface area contributed by atoms with E-state index in [1.807, 2.05) is 13.8 Å². The van der Waals surface area contributed by atoms with Crippen molar-refractivity contribution in [2.24, 2.45) is 5.92 Å². The number of halogens is 1. The Kier molecular flexibility index (Phi) is 4.20. The van der Waals surface area contributed by atoms with Gasteiger partial charge in [-0.2, -0.15) is 10.2 Å². The van der Waals surface area contributed by atoms with Crippen LogP contribution in [0, 0.1) is 19.8 Å². The fraction of sp³-hybridized carbons (Fsp3) is 0.533. The van der Waals surface area contributed by atoms with E-state index in [0.29, 0.717) is 23.3 Å². The van der Waals surface area contributed by atoms with E-state index in [2.05, 4.69) is 15.5 Å². The summed E-state index contributed by atoms with van der Waals surface area (Å²) in [6.45, 7) is 4.97. The Morgan fingerprint density at radius 3 is 2.77 bits per heavy atom. The van der Waals surface area contributed by atoms with Crippen molar-refractivity contribution in [3.63, 3.8) is 0 Å². The van der Waals surface area contributed by atoms with E-state index in [4.69, 9.17) is 11.6 Å². The van der Waals surface area contributed by atoms with E-state index in [-0.39, 0.29) is 5.91 Å². The molecule has 0 unspecified atom stereocenters. The van der Waals surface area contributed by atoms with Crippen molar-refractivity contribution < 1.29 is 4.79 Å². The van der Waals surface area contributed by atoms with Crippen LogP contribution in [0.1, 0.15) is 41.1 Å². The van der Waals surface area contributed by atoms with Gasteiger partial charge in [0.15, 0.2) is 0 Å². The van der Waals surface area contributed by atoms with Crippen molar-refractivity contribution >= 4 is 17.5 Å². The summed E-state index contributed by atoms with van der Waals surface area (Å²) in [5.74, 6) is 0.528. The second kappa shape index (κ2) is 6.12. The van der Waals surface area contributed by atoms with E-state index in [9.17, 15) is 4.79 Å². The van der Waals surface area contributed by atoms with Crippen molar-refractivity contribution in [3.05, 3.63) is 34.4 Å². The van der Waals surface area contributed by atoms with E-state index >= 15 is 0 Å². The largest absolute Gasteiger partial charge is 0.350 e. The van der Waals surface area contributed by atoms with Crippen LogP contribution in [0.3, 0.4) is 0 Å². The average Bonchev–Trinajstić information content (AvgIpc) is 2.99. The molecule has 1 N–H and O–H groups in total. The average molecular weight is 322 g/mol. The summed E-state index contributed by atoms with van der Waals surface area (Å²) in [5, 5.41) is 12.3. The summed E-state index contributed by atoms with van der Waals surface area (Å²) in [7, 11) is 0. The summed E-state index contributed by atoms with van der Waals surface area (Å²) in [6, 6.07) is 1.73. The molecule has 0 atom stereocenters. The minimum absolute atomic E-state index is 0.114. The number of nitrogens with zero attached hydrogens (tertiary/aromatic N) is 4. The second-order valence-electron chi connectivity index (χ2n) is 5.87. The highest BCUT2D eigenvalue weighted by molar-refractivity contribution is 6.31. The van der Waals surface area contributed by atoms with Crippen LogP contribution < -0.4 is 5.32 Å². The predicted octanol–water partition coefficient (Wildman–Crippen LogP) is 2.39. The van der Waals surface area contributed by atoms with E-state index < -0.39 is 0 Å². The molecule has 22 heavy (non-hydrogen) atoms. The minimum atomic E-state index is -0.114. The summed E-state index contributed by atoms with van der Waals surface area (Å²) >= 11 is 6.13. The highest BCUT2D eigenvalue weighted by Gasteiger charge is 2.19. The number of carbonyl (C=O) groups excluding carboxylic acids is 1. The molecule has 0 bridgehead atoms. The molecule has 2 aromatic rings. The van der Waals surface area contributed by atoms with Crippen LogP contribution in [-0.4, -0.2) is 32.0 Å². The Morgan fingerprint density at radius 1 is 1.41 bits per heavy atom. The molecule has 1 amide bonds. The molecule has 2 aromatic heterocycles. The Morgan fingerprint density at radius 2 is 2.18 bits per heavy atom. The zero-order valence-electron chi connectivity index (χ0n) is 12.8. The lowest BCUT2D eigenvalue weighted by Gasteiger charge is -2.25. The number of hydrogen-bond acceptors (Lipinski definition) is 3. The first-order valence-electron chi connectivity index (χ1n) is 7.55. The number of aryl methyl sites for hydroxylation is 1. The number of nitrogens with one attached hydrogen (secondary N) is 1. The maximum Gasteiger partial charge on any atom is 0.271 e. The molecule has 0 aliphatic heterocycles. The molecular weight excluding hydrogens is 302 g/mol. The SMILES string of the molecule is Cc1nn(Cn2ccc(C(=O)NCC3CCC3)n2)c(C)c1Cl. The van der Waals surface area contributed by atoms with Crippen LogP contribution >= 0.6 is 11.6 Å². The number of rotatable bonds is 5. The van der Waals surface area contributed by atoms with Gasteiger partial charge >= 0.3 is 0 Å². The first-order valence-corrected chi connectivity index (χ1v) is 7.93. The predicted molar refractivity (Wildman–Crippen MR) is 84.0 cm³/mol. The lowest BCUT2D eigenvalue weighted by Crippen LogP contribution is -2.32. The van der Waals surface area contributed by atoms with Gasteiger partial charge in [0.1, 0.15) is 12.4 Å². The zero-order valence-corrected chi connectivity index (χ0v) is 13.6. The summed E-state index contributed by atoms with van der Waals surface area (Å²) in [5.41, 5.74) is 2.13. The van der Waals surface area contributed by atoms with E-state index in [1.54, 1.807) is 21.6 Å². The zero-order chi connectivity index (χ0) is 15.7. The number of carbonyl (C=O) groups is 1. The number of amides is 1. The monoisotopic (exact) mass is 321 g/mol. The third-order valence-corrected chi connectivity index (χ3v) is 4.77. The lowest BCUT2D eigenvalue weighted by atomic mass is 9.85. The van der Waals surface area contributed by atoms with Crippen molar-refractivity contribution in [2.75, 3.05) is 6.54 Å². The van der Waals surface area contributed by atoms with Crippen LogP contribution in [0.25, 0.3) is 0 Å². The quantitative estimate of drug-likeness (QED) is 0.919. The lowest BCUT2D eigenvalue weighted by molar-refractivity contribution is 0.0933. The van der Waals surface area contributed by atoms with E-state index in [0.717, 1.165) is 17.9 Å². The molecule has 6 nitrogen and oxygen atoms in total. The number of aromatic nitrogens is 4. The Balaban J connectivity index is 1.62. The fourth-order valence-corrected chi connectivity index (χ4v) is 2.67. The molecule has 0 saturated heterocycles. The van der Waals surface area contributed by atoms with Crippen molar-refractivity contribution in [2.45, 2.75) is 39.8 Å². The maximum absolute atomic E-state index is 12.0.